The Bertz CT molecular complexity index is 733. The standard InChI is InChI=1S/C18H21N5O2/c1-19-18(25)22-14-9-7-13(8-10-14)21-17(24)15-11-20-23-16(15)12-5-3-2-4-6-12/h2-10,15-16,20,23H,11H2,1H3,(H,21,24)(H2,19,22,25). The topological polar surface area (TPSA) is 94.3 Å². The molecule has 7 nitrogen and oxygen atoms in total. The molecule has 0 bridgehead atoms. The Morgan fingerprint density at radius 2 is 1.60 bits per heavy atom. The van der Waals surface area contributed by atoms with Crippen LogP contribution in [0.2, 0.25) is 0 Å². The first kappa shape index (κ1) is 16.9. The largest absolute Gasteiger partial charge is 0.341 e. The zero-order valence-corrected chi connectivity index (χ0v) is 13.9. The van der Waals surface area contributed by atoms with Gasteiger partial charge in [-0.2, -0.15) is 0 Å². The van der Waals surface area contributed by atoms with Gasteiger partial charge >= 0.3 is 6.03 Å². The second-order valence-electron chi connectivity index (χ2n) is 5.79. The number of hydrogen-bond acceptors (Lipinski definition) is 4. The SMILES string of the molecule is CNC(=O)Nc1ccc(NC(=O)C2CNNC2c2ccccc2)cc1. The van der Waals surface area contributed by atoms with Gasteiger partial charge in [-0.15, -0.1) is 0 Å². The minimum atomic E-state index is -0.286. The van der Waals surface area contributed by atoms with Crippen molar-refractivity contribution in [3.05, 3.63) is 60.2 Å². The van der Waals surface area contributed by atoms with E-state index in [1.807, 2.05) is 30.3 Å². The molecular weight excluding hydrogens is 318 g/mol. The van der Waals surface area contributed by atoms with Gasteiger partial charge in [0.15, 0.2) is 0 Å². The van der Waals surface area contributed by atoms with E-state index in [4.69, 9.17) is 0 Å². The fourth-order valence-corrected chi connectivity index (χ4v) is 2.78. The van der Waals surface area contributed by atoms with Crippen LogP contribution in [-0.2, 0) is 4.79 Å². The molecule has 0 saturated carbocycles. The van der Waals surface area contributed by atoms with Crippen molar-refractivity contribution in [2.24, 2.45) is 5.92 Å². The van der Waals surface area contributed by atoms with Crippen LogP contribution in [0.4, 0.5) is 16.2 Å². The molecule has 2 aromatic rings. The molecule has 130 valence electrons. The van der Waals surface area contributed by atoms with E-state index in [1.165, 1.54) is 0 Å². The summed E-state index contributed by atoms with van der Waals surface area (Å²) in [5.41, 5.74) is 8.63. The van der Waals surface area contributed by atoms with E-state index in [0.29, 0.717) is 17.9 Å². The third-order valence-electron chi connectivity index (χ3n) is 4.11. The fourth-order valence-electron chi connectivity index (χ4n) is 2.78. The van der Waals surface area contributed by atoms with E-state index in [2.05, 4.69) is 26.8 Å². The summed E-state index contributed by atoms with van der Waals surface area (Å²) in [5, 5.41) is 8.09. The number of amides is 3. The number of carbonyl (C=O) groups excluding carboxylic acids is 2. The van der Waals surface area contributed by atoms with Crippen LogP contribution in [0, 0.1) is 5.92 Å². The average molecular weight is 339 g/mol. The molecule has 3 amide bonds. The molecule has 0 radical (unpaired) electrons. The first-order valence-corrected chi connectivity index (χ1v) is 8.10. The van der Waals surface area contributed by atoms with Gasteiger partial charge in [-0.25, -0.2) is 10.2 Å². The summed E-state index contributed by atoms with van der Waals surface area (Å²) in [5.74, 6) is -0.274. The van der Waals surface area contributed by atoms with Crippen LogP contribution in [0.15, 0.2) is 54.6 Å². The Kier molecular flexibility index (Phi) is 5.27. The molecule has 2 unspecified atom stereocenters. The van der Waals surface area contributed by atoms with Gasteiger partial charge in [0.25, 0.3) is 0 Å². The number of carbonyl (C=O) groups is 2. The molecule has 1 aliphatic rings. The summed E-state index contributed by atoms with van der Waals surface area (Å²) in [6.45, 7) is 0.557. The lowest BCUT2D eigenvalue weighted by Gasteiger charge is -2.18. The maximum atomic E-state index is 12.6. The lowest BCUT2D eigenvalue weighted by molar-refractivity contribution is -0.119. The molecule has 1 saturated heterocycles. The highest BCUT2D eigenvalue weighted by atomic mass is 16.2. The zero-order chi connectivity index (χ0) is 17.6. The van der Waals surface area contributed by atoms with Crippen LogP contribution >= 0.6 is 0 Å². The monoisotopic (exact) mass is 339 g/mol. The van der Waals surface area contributed by atoms with Crippen molar-refractivity contribution in [1.82, 2.24) is 16.2 Å². The van der Waals surface area contributed by atoms with Gasteiger partial charge in [-0.3, -0.25) is 10.2 Å². The highest BCUT2D eigenvalue weighted by molar-refractivity contribution is 5.94. The van der Waals surface area contributed by atoms with Crippen molar-refractivity contribution in [3.8, 4) is 0 Å². The average Bonchev–Trinajstić information content (AvgIpc) is 3.14. The Morgan fingerprint density at radius 1 is 0.960 bits per heavy atom. The minimum Gasteiger partial charge on any atom is -0.341 e. The molecule has 7 heteroatoms. The zero-order valence-electron chi connectivity index (χ0n) is 13.9. The number of nitrogens with one attached hydrogen (secondary N) is 5. The second-order valence-corrected chi connectivity index (χ2v) is 5.79. The maximum Gasteiger partial charge on any atom is 0.318 e. The number of anilines is 2. The number of hydrazine groups is 1. The number of hydrogen-bond donors (Lipinski definition) is 5. The van der Waals surface area contributed by atoms with Crippen molar-refractivity contribution < 1.29 is 9.59 Å². The molecule has 1 fully saturated rings. The van der Waals surface area contributed by atoms with Gasteiger partial charge in [0.05, 0.1) is 12.0 Å². The van der Waals surface area contributed by atoms with Crippen molar-refractivity contribution in [1.29, 1.82) is 0 Å². The lowest BCUT2D eigenvalue weighted by Crippen LogP contribution is -2.29. The third-order valence-corrected chi connectivity index (χ3v) is 4.11. The first-order chi connectivity index (χ1) is 12.2. The number of benzene rings is 2. The van der Waals surface area contributed by atoms with Crippen LogP contribution in [-0.4, -0.2) is 25.5 Å². The summed E-state index contributed by atoms with van der Waals surface area (Å²) in [4.78, 5) is 23.9. The van der Waals surface area contributed by atoms with Gasteiger partial charge in [0, 0.05) is 25.0 Å². The predicted octanol–water partition coefficient (Wildman–Crippen LogP) is 1.84. The lowest BCUT2D eigenvalue weighted by atomic mass is 9.94. The van der Waals surface area contributed by atoms with Crippen molar-refractivity contribution >= 4 is 23.3 Å². The summed E-state index contributed by atoms with van der Waals surface area (Å²) in [6.07, 6.45) is 0. The van der Waals surface area contributed by atoms with Crippen molar-refractivity contribution in [2.45, 2.75) is 6.04 Å². The normalized spacial score (nSPS) is 19.2. The Labute approximate surface area is 146 Å². The van der Waals surface area contributed by atoms with Gasteiger partial charge < -0.3 is 16.0 Å². The summed E-state index contributed by atoms with van der Waals surface area (Å²) >= 11 is 0. The quantitative estimate of drug-likeness (QED) is 0.587. The van der Waals surface area contributed by atoms with Crippen molar-refractivity contribution in [3.63, 3.8) is 0 Å². The molecule has 2 aromatic carbocycles. The summed E-state index contributed by atoms with van der Waals surface area (Å²) in [7, 11) is 1.55. The van der Waals surface area contributed by atoms with Gasteiger partial charge in [0.2, 0.25) is 5.91 Å². The molecule has 1 aliphatic heterocycles. The predicted molar refractivity (Wildman–Crippen MR) is 97.0 cm³/mol. The van der Waals surface area contributed by atoms with Crippen molar-refractivity contribution in [2.75, 3.05) is 24.2 Å². The van der Waals surface area contributed by atoms with Gasteiger partial charge in [-0.05, 0) is 29.8 Å². The Balaban J connectivity index is 1.64. The van der Waals surface area contributed by atoms with Gasteiger partial charge in [-0.1, -0.05) is 30.3 Å². The van der Waals surface area contributed by atoms with Crippen LogP contribution in [0.1, 0.15) is 11.6 Å². The molecule has 0 spiro atoms. The third kappa shape index (κ3) is 4.14. The van der Waals surface area contributed by atoms with Gasteiger partial charge in [0.1, 0.15) is 0 Å². The van der Waals surface area contributed by atoms with E-state index in [9.17, 15) is 9.59 Å². The fraction of sp³-hybridized carbons (Fsp3) is 0.222. The molecule has 1 heterocycles. The molecule has 3 rings (SSSR count). The highest BCUT2D eigenvalue weighted by Gasteiger charge is 2.33. The molecular formula is C18H21N5O2. The van der Waals surface area contributed by atoms with E-state index >= 15 is 0 Å². The second kappa shape index (κ2) is 7.78. The first-order valence-electron chi connectivity index (χ1n) is 8.10. The minimum absolute atomic E-state index is 0.0571. The summed E-state index contributed by atoms with van der Waals surface area (Å²) in [6, 6.07) is 16.5. The van der Waals surface area contributed by atoms with Crippen LogP contribution < -0.4 is 26.8 Å². The van der Waals surface area contributed by atoms with Crippen LogP contribution in [0.5, 0.6) is 0 Å². The van der Waals surface area contributed by atoms with E-state index in [0.717, 1.165) is 5.56 Å². The van der Waals surface area contributed by atoms with Crippen LogP contribution in [0.25, 0.3) is 0 Å². The highest BCUT2D eigenvalue weighted by Crippen LogP contribution is 2.26. The van der Waals surface area contributed by atoms with E-state index in [1.54, 1.807) is 31.3 Å². The van der Waals surface area contributed by atoms with E-state index < -0.39 is 0 Å². The smallest absolute Gasteiger partial charge is 0.318 e. The Morgan fingerprint density at radius 3 is 2.24 bits per heavy atom. The molecule has 25 heavy (non-hydrogen) atoms. The maximum absolute atomic E-state index is 12.6. The molecule has 2 atom stereocenters. The molecule has 5 N–H and O–H groups in total. The number of urea groups is 1. The Hall–Kier alpha value is -2.90. The summed E-state index contributed by atoms with van der Waals surface area (Å²) < 4.78 is 0. The number of rotatable bonds is 4. The molecule has 0 aromatic heterocycles. The van der Waals surface area contributed by atoms with Crippen LogP contribution in [0.3, 0.4) is 0 Å². The van der Waals surface area contributed by atoms with E-state index in [-0.39, 0.29) is 23.9 Å². The molecule has 0 aliphatic carbocycles.